The van der Waals surface area contributed by atoms with Gasteiger partial charge in [0.05, 0.1) is 5.69 Å². The standard InChI is InChI=1S/C21H14N4O2S/c26-19-16-4-2-1-3-14(16)11-17(23-19)20(27)22-15-7-5-13(6-8-15)18-12-25-9-10-28-21(25)24-18/h1-12H,(H,22,27)(H,23,26). The third-order valence-electron chi connectivity index (χ3n) is 4.53. The molecule has 6 nitrogen and oxygen atoms in total. The maximum atomic E-state index is 12.6. The molecule has 0 aliphatic carbocycles. The summed E-state index contributed by atoms with van der Waals surface area (Å²) >= 11 is 1.58. The minimum Gasteiger partial charge on any atom is -0.321 e. The molecule has 0 fully saturated rings. The van der Waals surface area contributed by atoms with Crippen molar-refractivity contribution in [3.63, 3.8) is 0 Å². The molecule has 0 saturated carbocycles. The number of anilines is 1. The lowest BCUT2D eigenvalue weighted by molar-refractivity contribution is 0.102. The summed E-state index contributed by atoms with van der Waals surface area (Å²) in [6, 6.07) is 16.3. The lowest BCUT2D eigenvalue weighted by atomic mass is 10.1. The molecule has 2 aromatic carbocycles. The minimum absolute atomic E-state index is 0.224. The predicted octanol–water partition coefficient (Wildman–Crippen LogP) is 4.16. The monoisotopic (exact) mass is 386 g/mol. The highest BCUT2D eigenvalue weighted by molar-refractivity contribution is 7.15. The summed E-state index contributed by atoms with van der Waals surface area (Å²) in [4.78, 5) is 32.9. The Balaban J connectivity index is 1.39. The number of aromatic nitrogens is 3. The first-order valence-electron chi connectivity index (χ1n) is 8.63. The molecule has 0 saturated heterocycles. The second-order valence-electron chi connectivity index (χ2n) is 6.35. The Hall–Kier alpha value is -3.71. The molecule has 28 heavy (non-hydrogen) atoms. The van der Waals surface area contributed by atoms with E-state index in [2.05, 4.69) is 15.3 Å². The number of amides is 1. The van der Waals surface area contributed by atoms with Crippen molar-refractivity contribution >= 4 is 38.7 Å². The zero-order valence-electron chi connectivity index (χ0n) is 14.5. The summed E-state index contributed by atoms with van der Waals surface area (Å²) in [5.41, 5.74) is 2.43. The van der Waals surface area contributed by atoms with E-state index in [9.17, 15) is 9.59 Å². The molecule has 0 spiro atoms. The molecule has 1 amide bonds. The lowest BCUT2D eigenvalue weighted by Crippen LogP contribution is -2.18. The molecule has 3 aromatic heterocycles. The number of H-pyrrole nitrogens is 1. The van der Waals surface area contributed by atoms with Crippen LogP contribution in [-0.4, -0.2) is 20.3 Å². The number of nitrogens with one attached hydrogen (secondary N) is 2. The Labute approximate surface area is 163 Å². The highest BCUT2D eigenvalue weighted by Crippen LogP contribution is 2.23. The number of aromatic amines is 1. The summed E-state index contributed by atoms with van der Waals surface area (Å²) in [6.07, 6.45) is 3.94. The average Bonchev–Trinajstić information content (AvgIpc) is 3.31. The number of nitrogens with zero attached hydrogens (tertiary/aromatic N) is 2. The van der Waals surface area contributed by atoms with Gasteiger partial charge in [-0.2, -0.15) is 0 Å². The van der Waals surface area contributed by atoms with Crippen LogP contribution in [0.3, 0.4) is 0 Å². The van der Waals surface area contributed by atoms with E-state index >= 15 is 0 Å². The van der Waals surface area contributed by atoms with Gasteiger partial charge < -0.3 is 10.3 Å². The first kappa shape index (κ1) is 16.5. The molecule has 5 rings (SSSR count). The van der Waals surface area contributed by atoms with Crippen LogP contribution >= 0.6 is 11.3 Å². The van der Waals surface area contributed by atoms with Gasteiger partial charge in [-0.3, -0.25) is 14.0 Å². The Kier molecular flexibility index (Phi) is 3.80. The van der Waals surface area contributed by atoms with Crippen LogP contribution in [-0.2, 0) is 0 Å². The molecule has 0 unspecified atom stereocenters. The molecule has 3 heterocycles. The van der Waals surface area contributed by atoms with Gasteiger partial charge in [0, 0.05) is 34.4 Å². The maximum Gasteiger partial charge on any atom is 0.272 e. The fourth-order valence-corrected chi connectivity index (χ4v) is 3.82. The van der Waals surface area contributed by atoms with Crippen LogP contribution in [0.5, 0.6) is 0 Å². The van der Waals surface area contributed by atoms with Crippen molar-refractivity contribution in [3.05, 3.63) is 88.4 Å². The number of imidazole rings is 1. The Bertz CT molecular complexity index is 1350. The zero-order valence-corrected chi connectivity index (χ0v) is 15.4. The van der Waals surface area contributed by atoms with E-state index in [1.165, 1.54) is 0 Å². The number of benzene rings is 2. The predicted molar refractivity (Wildman–Crippen MR) is 111 cm³/mol. The van der Waals surface area contributed by atoms with Crippen molar-refractivity contribution in [1.29, 1.82) is 0 Å². The largest absolute Gasteiger partial charge is 0.321 e. The molecule has 7 heteroatoms. The molecular formula is C21H14N4O2S. The van der Waals surface area contributed by atoms with E-state index in [0.717, 1.165) is 21.6 Å². The number of carbonyl (C=O) groups is 1. The van der Waals surface area contributed by atoms with Gasteiger partial charge in [-0.15, -0.1) is 11.3 Å². The Morgan fingerprint density at radius 2 is 1.93 bits per heavy atom. The molecule has 0 atom stereocenters. The van der Waals surface area contributed by atoms with Gasteiger partial charge in [0.1, 0.15) is 5.69 Å². The van der Waals surface area contributed by atoms with Crippen LogP contribution in [0.25, 0.3) is 27.0 Å². The van der Waals surface area contributed by atoms with Crippen LogP contribution in [0.15, 0.2) is 77.2 Å². The zero-order chi connectivity index (χ0) is 19.1. The quantitative estimate of drug-likeness (QED) is 0.489. The van der Waals surface area contributed by atoms with Crippen LogP contribution in [0, 0.1) is 0 Å². The minimum atomic E-state index is -0.363. The smallest absolute Gasteiger partial charge is 0.272 e. The van der Waals surface area contributed by atoms with Gasteiger partial charge in [-0.1, -0.05) is 30.3 Å². The SMILES string of the molecule is O=C(Nc1ccc(-c2cn3ccsc3n2)cc1)c1cc2ccccc2c(=O)[nH]1. The van der Waals surface area contributed by atoms with Gasteiger partial charge >= 0.3 is 0 Å². The summed E-state index contributed by atoms with van der Waals surface area (Å²) in [5.74, 6) is -0.363. The number of fused-ring (bicyclic) bond motifs is 2. The molecule has 0 radical (unpaired) electrons. The third-order valence-corrected chi connectivity index (χ3v) is 5.30. The van der Waals surface area contributed by atoms with Crippen LogP contribution in [0.4, 0.5) is 5.69 Å². The summed E-state index contributed by atoms with van der Waals surface area (Å²) in [5, 5.41) is 6.09. The number of hydrogen-bond donors (Lipinski definition) is 2. The van der Waals surface area contributed by atoms with Crippen molar-refractivity contribution in [1.82, 2.24) is 14.4 Å². The Morgan fingerprint density at radius 1 is 1.11 bits per heavy atom. The van der Waals surface area contributed by atoms with Crippen LogP contribution in [0.1, 0.15) is 10.5 Å². The third kappa shape index (κ3) is 2.87. The normalized spacial score (nSPS) is 11.1. The summed E-state index contributed by atoms with van der Waals surface area (Å²) < 4.78 is 1.98. The van der Waals surface area contributed by atoms with Crippen molar-refractivity contribution < 1.29 is 4.79 Å². The van der Waals surface area contributed by atoms with Crippen LogP contribution in [0.2, 0.25) is 0 Å². The van der Waals surface area contributed by atoms with Crippen molar-refractivity contribution in [2.24, 2.45) is 0 Å². The van der Waals surface area contributed by atoms with Crippen LogP contribution < -0.4 is 10.9 Å². The molecule has 136 valence electrons. The van der Waals surface area contributed by atoms with E-state index < -0.39 is 0 Å². The topological polar surface area (TPSA) is 79.3 Å². The van der Waals surface area contributed by atoms with Gasteiger partial charge in [0.25, 0.3) is 11.5 Å². The van der Waals surface area contributed by atoms with E-state index in [4.69, 9.17) is 0 Å². The number of rotatable bonds is 3. The summed E-state index contributed by atoms with van der Waals surface area (Å²) in [6.45, 7) is 0. The molecule has 0 aliphatic rings. The lowest BCUT2D eigenvalue weighted by Gasteiger charge is -2.07. The molecule has 0 bridgehead atoms. The second kappa shape index (κ2) is 6.47. The van der Waals surface area contributed by atoms with E-state index in [0.29, 0.717) is 11.1 Å². The second-order valence-corrected chi connectivity index (χ2v) is 7.22. The number of thiazole rings is 1. The number of hydrogen-bond acceptors (Lipinski definition) is 4. The highest BCUT2D eigenvalue weighted by atomic mass is 32.1. The number of pyridine rings is 1. The molecule has 2 N–H and O–H groups in total. The van der Waals surface area contributed by atoms with E-state index in [-0.39, 0.29) is 17.2 Å². The van der Waals surface area contributed by atoms with Crippen molar-refractivity contribution in [3.8, 4) is 11.3 Å². The highest BCUT2D eigenvalue weighted by Gasteiger charge is 2.11. The maximum absolute atomic E-state index is 12.6. The van der Waals surface area contributed by atoms with E-state index in [1.807, 2.05) is 58.6 Å². The Morgan fingerprint density at radius 3 is 2.75 bits per heavy atom. The van der Waals surface area contributed by atoms with Gasteiger partial charge in [0.2, 0.25) is 0 Å². The van der Waals surface area contributed by atoms with Crippen molar-refractivity contribution in [2.45, 2.75) is 0 Å². The molecule has 5 aromatic rings. The first-order valence-corrected chi connectivity index (χ1v) is 9.51. The van der Waals surface area contributed by atoms with Gasteiger partial charge in [-0.25, -0.2) is 4.98 Å². The fraction of sp³-hybridized carbons (Fsp3) is 0. The van der Waals surface area contributed by atoms with Gasteiger partial charge in [0.15, 0.2) is 4.96 Å². The fourth-order valence-electron chi connectivity index (χ4n) is 3.12. The first-order chi connectivity index (χ1) is 13.7. The van der Waals surface area contributed by atoms with Crippen molar-refractivity contribution in [2.75, 3.05) is 5.32 Å². The van der Waals surface area contributed by atoms with E-state index in [1.54, 1.807) is 29.5 Å². The van der Waals surface area contributed by atoms with Gasteiger partial charge in [-0.05, 0) is 29.7 Å². The summed E-state index contributed by atoms with van der Waals surface area (Å²) in [7, 11) is 0. The molecule has 0 aliphatic heterocycles. The number of carbonyl (C=O) groups excluding carboxylic acids is 1. The molecular weight excluding hydrogens is 372 g/mol. The average molecular weight is 386 g/mol.